The summed E-state index contributed by atoms with van der Waals surface area (Å²) in [5, 5.41) is 7.67. The number of rotatable bonds is 8. The maximum atomic E-state index is 13.8. The summed E-state index contributed by atoms with van der Waals surface area (Å²) in [7, 11) is 0. The summed E-state index contributed by atoms with van der Waals surface area (Å²) < 4.78 is 1.72. The first kappa shape index (κ1) is 26.7. The number of hydrogen-bond donors (Lipinski definition) is 1. The molecule has 4 aromatic rings. The summed E-state index contributed by atoms with van der Waals surface area (Å²) in [4.78, 5) is 38.9. The zero-order chi connectivity index (χ0) is 27.5. The molecule has 8 nitrogen and oxygen atoms in total. The first-order valence-electron chi connectivity index (χ1n) is 13.4. The Balaban J connectivity index is 1.28. The molecule has 1 aromatic carbocycles. The predicted octanol–water partition coefficient (Wildman–Crippen LogP) is 5.44. The third-order valence-corrected chi connectivity index (χ3v) is 8.32. The molecule has 202 valence electrons. The number of amides is 2. The second-order valence-electron chi connectivity index (χ2n) is 10.4. The molecular formula is C30H34N6O2S. The van der Waals surface area contributed by atoms with Crippen LogP contribution in [-0.2, 0) is 9.59 Å². The lowest BCUT2D eigenvalue weighted by Crippen LogP contribution is -2.49. The van der Waals surface area contributed by atoms with Gasteiger partial charge in [0.1, 0.15) is 12.1 Å². The fraction of sp³-hybridized carbons (Fsp3) is 0.367. The van der Waals surface area contributed by atoms with Crippen LogP contribution in [0.3, 0.4) is 0 Å². The molecule has 1 saturated heterocycles. The number of pyridine rings is 1. The summed E-state index contributed by atoms with van der Waals surface area (Å²) in [6.07, 6.45) is 6.79. The molecule has 3 atom stereocenters. The molecule has 3 aromatic heterocycles. The van der Waals surface area contributed by atoms with E-state index in [1.807, 2.05) is 69.7 Å². The molecule has 1 aliphatic heterocycles. The van der Waals surface area contributed by atoms with Crippen LogP contribution in [0, 0.1) is 12.8 Å². The van der Waals surface area contributed by atoms with Crippen LogP contribution in [0.4, 0.5) is 0 Å². The summed E-state index contributed by atoms with van der Waals surface area (Å²) >= 11 is 1.62. The normalized spacial score (nSPS) is 16.8. The van der Waals surface area contributed by atoms with Crippen molar-refractivity contribution in [1.82, 2.24) is 30.0 Å². The minimum atomic E-state index is -0.504. The van der Waals surface area contributed by atoms with E-state index in [-0.39, 0.29) is 23.8 Å². The average Bonchev–Trinajstić information content (AvgIpc) is 3.70. The third-order valence-electron chi connectivity index (χ3n) is 7.35. The lowest BCUT2D eigenvalue weighted by molar-refractivity contribution is -0.142. The van der Waals surface area contributed by atoms with Gasteiger partial charge in [0.2, 0.25) is 11.8 Å². The summed E-state index contributed by atoms with van der Waals surface area (Å²) in [5.41, 5.74) is 6.67. The third kappa shape index (κ3) is 5.63. The van der Waals surface area contributed by atoms with Gasteiger partial charge in [0, 0.05) is 24.5 Å². The van der Waals surface area contributed by atoms with Crippen LogP contribution in [0.25, 0.3) is 21.7 Å². The number of carbonyl (C=O) groups is 2. The van der Waals surface area contributed by atoms with Crippen LogP contribution in [0.15, 0.2) is 66.6 Å². The van der Waals surface area contributed by atoms with Crippen molar-refractivity contribution in [1.29, 1.82) is 0 Å². The van der Waals surface area contributed by atoms with E-state index in [2.05, 4.69) is 32.5 Å². The van der Waals surface area contributed by atoms with Crippen LogP contribution in [0.1, 0.15) is 57.0 Å². The highest BCUT2D eigenvalue weighted by Crippen LogP contribution is 2.30. The SMILES string of the molecule is Cc1ncsc1-c1ccc([C@H](C)NC(=O)[C@@H]2CCCN2C(=O)C(C(C)C)n2cc(-c3ccccn3)cn2)cc1. The molecule has 9 heteroatoms. The molecule has 0 spiro atoms. The summed E-state index contributed by atoms with van der Waals surface area (Å²) in [6.45, 7) is 8.56. The zero-order valence-electron chi connectivity index (χ0n) is 22.7. The minimum Gasteiger partial charge on any atom is -0.348 e. The molecule has 4 heterocycles. The van der Waals surface area contributed by atoms with E-state index in [1.165, 1.54) is 0 Å². The van der Waals surface area contributed by atoms with Crippen molar-refractivity contribution >= 4 is 23.2 Å². The molecule has 1 aliphatic rings. The molecule has 1 fully saturated rings. The van der Waals surface area contributed by atoms with Gasteiger partial charge in [-0.3, -0.25) is 19.3 Å². The van der Waals surface area contributed by atoms with Crippen molar-refractivity contribution < 1.29 is 9.59 Å². The number of nitrogens with zero attached hydrogens (tertiary/aromatic N) is 5. The van der Waals surface area contributed by atoms with Crippen LogP contribution in [0.2, 0.25) is 0 Å². The quantitative estimate of drug-likeness (QED) is 0.320. The molecule has 0 saturated carbocycles. The minimum absolute atomic E-state index is 0.00193. The van der Waals surface area contributed by atoms with Gasteiger partial charge >= 0.3 is 0 Å². The van der Waals surface area contributed by atoms with Crippen molar-refractivity contribution in [3.63, 3.8) is 0 Å². The van der Waals surface area contributed by atoms with Crippen molar-refractivity contribution in [3.8, 4) is 21.7 Å². The first-order chi connectivity index (χ1) is 18.8. The van der Waals surface area contributed by atoms with E-state index in [0.29, 0.717) is 13.0 Å². The molecule has 0 bridgehead atoms. The van der Waals surface area contributed by atoms with Gasteiger partial charge in [-0.25, -0.2) is 4.98 Å². The number of carbonyl (C=O) groups excluding carboxylic acids is 2. The van der Waals surface area contributed by atoms with Crippen molar-refractivity contribution in [2.75, 3.05) is 6.54 Å². The second-order valence-corrected chi connectivity index (χ2v) is 11.3. The summed E-state index contributed by atoms with van der Waals surface area (Å²) in [6, 6.07) is 12.8. The standard InChI is InChI=1S/C30H34N6O2S/c1-19(2)27(36-17-24(16-33-36)25-8-5-6-14-31-25)30(38)35-15-7-9-26(35)29(37)34-20(3)22-10-12-23(13-11-22)28-21(4)32-18-39-28/h5-6,8,10-14,16-20,26-27H,7,9,15H2,1-4H3,(H,34,37)/t20-,26-,27?/m0/s1. The Labute approximate surface area is 233 Å². The van der Waals surface area contributed by atoms with Crippen LogP contribution >= 0.6 is 11.3 Å². The maximum Gasteiger partial charge on any atom is 0.248 e. The number of aromatic nitrogens is 4. The zero-order valence-corrected chi connectivity index (χ0v) is 23.6. The Hall–Kier alpha value is -3.85. The number of hydrogen-bond acceptors (Lipinski definition) is 6. The number of nitrogens with one attached hydrogen (secondary N) is 1. The molecule has 1 unspecified atom stereocenters. The van der Waals surface area contributed by atoms with Gasteiger partial charge in [0.25, 0.3) is 0 Å². The van der Waals surface area contributed by atoms with Gasteiger partial charge in [-0.1, -0.05) is 44.2 Å². The van der Waals surface area contributed by atoms with Crippen molar-refractivity contribution in [3.05, 3.63) is 77.8 Å². The van der Waals surface area contributed by atoms with Gasteiger partial charge < -0.3 is 10.2 Å². The number of thiazole rings is 1. The largest absolute Gasteiger partial charge is 0.348 e. The average molecular weight is 543 g/mol. The lowest BCUT2D eigenvalue weighted by atomic mass is 10.0. The monoisotopic (exact) mass is 542 g/mol. The topological polar surface area (TPSA) is 93.0 Å². The van der Waals surface area contributed by atoms with Crippen LogP contribution < -0.4 is 5.32 Å². The smallest absolute Gasteiger partial charge is 0.248 e. The molecular weight excluding hydrogens is 508 g/mol. The van der Waals surface area contributed by atoms with Gasteiger partial charge in [0.15, 0.2) is 0 Å². The molecule has 0 aliphatic carbocycles. The van der Waals surface area contributed by atoms with Crippen molar-refractivity contribution in [2.45, 2.75) is 58.7 Å². The molecule has 39 heavy (non-hydrogen) atoms. The Morgan fingerprint density at radius 3 is 2.51 bits per heavy atom. The fourth-order valence-electron chi connectivity index (χ4n) is 5.23. The van der Waals surface area contributed by atoms with Crippen molar-refractivity contribution in [2.24, 2.45) is 5.92 Å². The van der Waals surface area contributed by atoms with Crippen LogP contribution in [-0.4, -0.2) is 49.0 Å². The fourth-order valence-corrected chi connectivity index (χ4v) is 6.04. The van der Waals surface area contributed by atoms with Gasteiger partial charge in [-0.05, 0) is 55.9 Å². The first-order valence-corrected chi connectivity index (χ1v) is 14.3. The molecule has 1 N–H and O–H groups in total. The maximum absolute atomic E-state index is 13.8. The van der Waals surface area contributed by atoms with Crippen LogP contribution in [0.5, 0.6) is 0 Å². The number of benzene rings is 1. The Morgan fingerprint density at radius 1 is 1.05 bits per heavy atom. The second kappa shape index (κ2) is 11.5. The molecule has 2 amide bonds. The van der Waals surface area contributed by atoms with Gasteiger partial charge in [-0.15, -0.1) is 11.3 Å². The highest BCUT2D eigenvalue weighted by Gasteiger charge is 2.39. The van der Waals surface area contributed by atoms with Gasteiger partial charge in [0.05, 0.1) is 34.0 Å². The Kier molecular flexibility index (Phi) is 7.88. The lowest BCUT2D eigenvalue weighted by Gasteiger charge is -2.30. The van der Waals surface area contributed by atoms with E-state index in [0.717, 1.165) is 39.4 Å². The van der Waals surface area contributed by atoms with E-state index in [9.17, 15) is 9.59 Å². The van der Waals surface area contributed by atoms with E-state index in [1.54, 1.807) is 33.3 Å². The van der Waals surface area contributed by atoms with Gasteiger partial charge in [-0.2, -0.15) is 5.10 Å². The molecule has 5 rings (SSSR count). The summed E-state index contributed by atoms with van der Waals surface area (Å²) in [5.74, 6) is -0.193. The highest BCUT2D eigenvalue weighted by atomic mass is 32.1. The van der Waals surface area contributed by atoms with E-state index >= 15 is 0 Å². The Morgan fingerprint density at radius 2 is 1.85 bits per heavy atom. The van der Waals surface area contributed by atoms with E-state index < -0.39 is 12.1 Å². The Bertz CT molecular complexity index is 1430. The van der Waals surface area contributed by atoms with E-state index in [4.69, 9.17) is 0 Å². The molecule has 0 radical (unpaired) electrons. The number of likely N-dealkylation sites (tertiary alicyclic amines) is 1. The highest BCUT2D eigenvalue weighted by molar-refractivity contribution is 7.13. The predicted molar refractivity (Wildman–Crippen MR) is 153 cm³/mol. The number of aryl methyl sites for hydroxylation is 1.